The van der Waals surface area contributed by atoms with Crippen molar-refractivity contribution in [1.82, 2.24) is 10.2 Å². The highest BCUT2D eigenvalue weighted by Crippen LogP contribution is 2.28. The van der Waals surface area contributed by atoms with Crippen molar-refractivity contribution in [3.63, 3.8) is 0 Å². The van der Waals surface area contributed by atoms with Crippen LogP contribution < -0.4 is 5.32 Å². The zero-order chi connectivity index (χ0) is 10.7. The van der Waals surface area contributed by atoms with Gasteiger partial charge in [-0.3, -0.25) is 0 Å². The molecule has 0 aromatic rings. The third kappa shape index (κ3) is 3.09. The number of nitrogens with one attached hydrogen (secondary N) is 1. The molecule has 4 heteroatoms. The molecule has 1 N–H and O–H groups in total. The first-order valence-corrected chi connectivity index (χ1v) is 5.86. The van der Waals surface area contributed by atoms with Gasteiger partial charge in [0.05, 0.1) is 7.11 Å². The minimum absolute atomic E-state index is 0.185. The Morgan fingerprint density at radius 1 is 1.33 bits per heavy atom. The van der Waals surface area contributed by atoms with Crippen LogP contribution in [0.15, 0.2) is 0 Å². The summed E-state index contributed by atoms with van der Waals surface area (Å²) >= 11 is 0. The molecule has 86 valence electrons. The van der Waals surface area contributed by atoms with Crippen LogP contribution in [0.5, 0.6) is 0 Å². The maximum Gasteiger partial charge on any atom is 0.409 e. The summed E-state index contributed by atoms with van der Waals surface area (Å²) in [6.07, 6.45) is 4.72. The van der Waals surface area contributed by atoms with Gasteiger partial charge >= 0.3 is 6.09 Å². The van der Waals surface area contributed by atoms with E-state index in [9.17, 15) is 4.79 Å². The molecule has 0 spiro atoms. The molecule has 2 rings (SSSR count). The average molecular weight is 212 g/mol. The van der Waals surface area contributed by atoms with Crippen molar-refractivity contribution in [3.8, 4) is 0 Å². The molecule has 1 aliphatic heterocycles. The van der Waals surface area contributed by atoms with Crippen molar-refractivity contribution in [2.75, 3.05) is 26.7 Å². The Balaban J connectivity index is 1.64. The maximum atomic E-state index is 11.2. The summed E-state index contributed by atoms with van der Waals surface area (Å²) in [4.78, 5) is 13.0. The summed E-state index contributed by atoms with van der Waals surface area (Å²) in [6.45, 7) is 2.83. The lowest BCUT2D eigenvalue weighted by molar-refractivity contribution is 0.110. The van der Waals surface area contributed by atoms with Gasteiger partial charge in [0.15, 0.2) is 0 Å². The van der Waals surface area contributed by atoms with Crippen LogP contribution in [0, 0.1) is 5.92 Å². The third-order valence-corrected chi connectivity index (χ3v) is 3.32. The zero-order valence-corrected chi connectivity index (χ0v) is 9.37. The number of likely N-dealkylation sites (tertiary alicyclic amines) is 1. The Bertz CT molecular complexity index is 221. The van der Waals surface area contributed by atoms with E-state index < -0.39 is 0 Å². The predicted octanol–water partition coefficient (Wildman–Crippen LogP) is 1.22. The number of methoxy groups -OCH3 is 1. The van der Waals surface area contributed by atoms with E-state index in [1.807, 2.05) is 0 Å². The minimum atomic E-state index is -0.185. The minimum Gasteiger partial charge on any atom is -0.453 e. The first kappa shape index (κ1) is 10.7. The van der Waals surface area contributed by atoms with E-state index in [4.69, 9.17) is 4.74 Å². The SMILES string of the molecule is COC(=O)N1CCC(NCC2CC2)CC1. The molecule has 1 aliphatic carbocycles. The number of carbonyl (C=O) groups is 1. The molecule has 1 saturated carbocycles. The highest BCUT2D eigenvalue weighted by molar-refractivity contribution is 5.67. The molecule has 0 unspecified atom stereocenters. The van der Waals surface area contributed by atoms with E-state index in [0.717, 1.165) is 31.8 Å². The van der Waals surface area contributed by atoms with Crippen molar-refractivity contribution in [1.29, 1.82) is 0 Å². The van der Waals surface area contributed by atoms with Gasteiger partial charge < -0.3 is 15.0 Å². The van der Waals surface area contributed by atoms with Crippen molar-refractivity contribution >= 4 is 6.09 Å². The molecule has 0 aromatic heterocycles. The van der Waals surface area contributed by atoms with Crippen molar-refractivity contribution in [2.45, 2.75) is 31.7 Å². The summed E-state index contributed by atoms with van der Waals surface area (Å²) in [5.74, 6) is 0.934. The molecule has 1 saturated heterocycles. The zero-order valence-electron chi connectivity index (χ0n) is 9.37. The number of hydrogen-bond acceptors (Lipinski definition) is 3. The molecule has 0 radical (unpaired) electrons. The number of ether oxygens (including phenoxy) is 1. The maximum absolute atomic E-state index is 11.2. The summed E-state index contributed by atoms with van der Waals surface area (Å²) in [6, 6.07) is 0.603. The van der Waals surface area contributed by atoms with Crippen LogP contribution in [0.25, 0.3) is 0 Å². The second-order valence-electron chi connectivity index (χ2n) is 4.58. The van der Waals surface area contributed by atoms with Crippen molar-refractivity contribution in [2.24, 2.45) is 5.92 Å². The molecule has 1 amide bonds. The summed E-state index contributed by atoms with van der Waals surface area (Å²) in [5, 5.41) is 3.58. The number of rotatable bonds is 3. The summed E-state index contributed by atoms with van der Waals surface area (Å²) in [7, 11) is 1.44. The Morgan fingerprint density at radius 3 is 2.53 bits per heavy atom. The topological polar surface area (TPSA) is 41.6 Å². The molecule has 15 heavy (non-hydrogen) atoms. The van der Waals surface area contributed by atoms with E-state index in [0.29, 0.717) is 6.04 Å². The first-order chi connectivity index (χ1) is 7.29. The molecule has 4 nitrogen and oxygen atoms in total. The van der Waals surface area contributed by atoms with Crippen LogP contribution >= 0.6 is 0 Å². The number of carbonyl (C=O) groups excluding carboxylic acids is 1. The van der Waals surface area contributed by atoms with E-state index in [-0.39, 0.29) is 6.09 Å². The highest BCUT2D eigenvalue weighted by Gasteiger charge is 2.25. The van der Waals surface area contributed by atoms with Crippen LogP contribution in [0.3, 0.4) is 0 Å². The predicted molar refractivity (Wildman–Crippen MR) is 57.7 cm³/mol. The van der Waals surface area contributed by atoms with Crippen LogP contribution in [0.4, 0.5) is 4.79 Å². The molecule has 0 atom stereocenters. The second kappa shape index (κ2) is 4.84. The van der Waals surface area contributed by atoms with Gasteiger partial charge in [0.25, 0.3) is 0 Å². The van der Waals surface area contributed by atoms with E-state index >= 15 is 0 Å². The summed E-state index contributed by atoms with van der Waals surface area (Å²) in [5.41, 5.74) is 0. The van der Waals surface area contributed by atoms with E-state index in [1.165, 1.54) is 26.5 Å². The van der Waals surface area contributed by atoms with Crippen LogP contribution in [-0.2, 0) is 4.74 Å². The molecule has 1 heterocycles. The quantitative estimate of drug-likeness (QED) is 0.764. The Kier molecular flexibility index (Phi) is 3.46. The molecular formula is C11H20N2O2. The van der Waals surface area contributed by atoms with Gasteiger partial charge in [-0.1, -0.05) is 0 Å². The Morgan fingerprint density at radius 2 is 2.00 bits per heavy atom. The van der Waals surface area contributed by atoms with E-state index in [1.54, 1.807) is 4.90 Å². The van der Waals surface area contributed by atoms with Gasteiger partial charge in [-0.15, -0.1) is 0 Å². The van der Waals surface area contributed by atoms with Gasteiger partial charge in [-0.05, 0) is 38.1 Å². The largest absolute Gasteiger partial charge is 0.453 e. The van der Waals surface area contributed by atoms with Gasteiger partial charge in [-0.25, -0.2) is 4.79 Å². The smallest absolute Gasteiger partial charge is 0.409 e. The van der Waals surface area contributed by atoms with Crippen LogP contribution in [-0.4, -0.2) is 43.8 Å². The second-order valence-corrected chi connectivity index (χ2v) is 4.58. The number of piperidine rings is 1. The molecule has 2 fully saturated rings. The fourth-order valence-corrected chi connectivity index (χ4v) is 2.05. The fourth-order valence-electron chi connectivity index (χ4n) is 2.05. The van der Waals surface area contributed by atoms with Crippen LogP contribution in [0.2, 0.25) is 0 Å². The molecule has 0 bridgehead atoms. The monoisotopic (exact) mass is 212 g/mol. The van der Waals surface area contributed by atoms with Crippen molar-refractivity contribution < 1.29 is 9.53 Å². The Labute approximate surface area is 91.0 Å². The number of hydrogen-bond donors (Lipinski definition) is 1. The van der Waals surface area contributed by atoms with E-state index in [2.05, 4.69) is 5.32 Å². The standard InChI is InChI=1S/C11H20N2O2/c1-15-11(14)13-6-4-10(5-7-13)12-8-9-2-3-9/h9-10,12H,2-8H2,1H3. The Hall–Kier alpha value is -0.770. The average Bonchev–Trinajstić information content (AvgIpc) is 3.10. The fraction of sp³-hybridized carbons (Fsp3) is 0.909. The van der Waals surface area contributed by atoms with Gasteiger partial charge in [0.2, 0.25) is 0 Å². The first-order valence-electron chi connectivity index (χ1n) is 5.86. The van der Waals surface area contributed by atoms with Gasteiger partial charge in [0.1, 0.15) is 0 Å². The van der Waals surface area contributed by atoms with Crippen LogP contribution in [0.1, 0.15) is 25.7 Å². The molecule has 2 aliphatic rings. The lowest BCUT2D eigenvalue weighted by Gasteiger charge is -2.31. The normalized spacial score (nSPS) is 22.9. The lowest BCUT2D eigenvalue weighted by atomic mass is 10.1. The molecule has 0 aromatic carbocycles. The summed E-state index contributed by atoms with van der Waals surface area (Å²) < 4.78 is 4.70. The number of nitrogens with zero attached hydrogens (tertiary/aromatic N) is 1. The van der Waals surface area contributed by atoms with Gasteiger partial charge in [0, 0.05) is 19.1 Å². The number of amides is 1. The lowest BCUT2D eigenvalue weighted by Crippen LogP contribution is -2.45. The van der Waals surface area contributed by atoms with Gasteiger partial charge in [-0.2, -0.15) is 0 Å². The highest BCUT2D eigenvalue weighted by atomic mass is 16.5. The molecular weight excluding hydrogens is 192 g/mol. The van der Waals surface area contributed by atoms with Crippen molar-refractivity contribution in [3.05, 3.63) is 0 Å². The third-order valence-electron chi connectivity index (χ3n) is 3.32.